The lowest BCUT2D eigenvalue weighted by Gasteiger charge is -2.20. The summed E-state index contributed by atoms with van der Waals surface area (Å²) >= 11 is 0. The predicted octanol–water partition coefficient (Wildman–Crippen LogP) is 4.39. The molecule has 0 aliphatic heterocycles. The van der Waals surface area contributed by atoms with E-state index in [1.54, 1.807) is 0 Å². The highest BCUT2D eigenvalue weighted by Gasteiger charge is 2.08. The van der Waals surface area contributed by atoms with Crippen LogP contribution in [0.2, 0.25) is 0 Å². The topological polar surface area (TPSA) is 21.3 Å². The highest BCUT2D eigenvalue weighted by molar-refractivity contribution is 5.27. The number of unbranched alkanes of at least 4 members (excludes halogenated alkanes) is 1. The Morgan fingerprint density at radius 2 is 1.79 bits per heavy atom. The van der Waals surface area contributed by atoms with E-state index in [4.69, 9.17) is 4.74 Å². The molecule has 0 radical (unpaired) electrons. The van der Waals surface area contributed by atoms with Gasteiger partial charge in [-0.2, -0.15) is 0 Å². The number of hydrogen-bond donors (Lipinski definition) is 1. The van der Waals surface area contributed by atoms with Crippen LogP contribution in [-0.2, 0) is 6.54 Å². The quantitative estimate of drug-likeness (QED) is 0.667. The van der Waals surface area contributed by atoms with E-state index in [2.05, 4.69) is 57.3 Å². The smallest absolute Gasteiger partial charge is 0.119 e. The van der Waals surface area contributed by atoms with Gasteiger partial charge in [-0.3, -0.25) is 0 Å². The molecule has 0 amide bonds. The molecule has 2 heteroatoms. The first kappa shape index (κ1) is 16.0. The molecule has 2 atom stereocenters. The average Bonchev–Trinajstić information content (AvgIpc) is 2.45. The van der Waals surface area contributed by atoms with Gasteiger partial charge in [0.2, 0.25) is 0 Å². The van der Waals surface area contributed by atoms with Crippen LogP contribution in [-0.4, -0.2) is 12.6 Å². The summed E-state index contributed by atoms with van der Waals surface area (Å²) in [5, 5.41) is 3.58. The summed E-state index contributed by atoms with van der Waals surface area (Å²) in [5.74, 6) is 1.70. The first-order chi connectivity index (χ1) is 9.17. The van der Waals surface area contributed by atoms with Crippen LogP contribution < -0.4 is 10.1 Å². The van der Waals surface area contributed by atoms with Crippen molar-refractivity contribution in [3.63, 3.8) is 0 Å². The van der Waals surface area contributed by atoms with Crippen LogP contribution in [0.25, 0.3) is 0 Å². The second-order valence-electron chi connectivity index (χ2n) is 5.40. The third-order valence-electron chi connectivity index (χ3n) is 3.82. The van der Waals surface area contributed by atoms with Crippen molar-refractivity contribution >= 4 is 0 Å². The van der Waals surface area contributed by atoms with Crippen LogP contribution in [0.5, 0.6) is 5.75 Å². The molecule has 1 N–H and O–H groups in total. The van der Waals surface area contributed by atoms with Crippen LogP contribution in [0.1, 0.15) is 52.5 Å². The van der Waals surface area contributed by atoms with E-state index >= 15 is 0 Å². The van der Waals surface area contributed by atoms with Crippen LogP contribution in [0.3, 0.4) is 0 Å². The minimum Gasteiger partial charge on any atom is -0.494 e. The van der Waals surface area contributed by atoms with Gasteiger partial charge in [0.15, 0.2) is 0 Å². The highest BCUT2D eigenvalue weighted by atomic mass is 16.5. The molecule has 108 valence electrons. The molecule has 0 spiro atoms. The minimum absolute atomic E-state index is 0.561. The second kappa shape index (κ2) is 8.98. The molecule has 0 heterocycles. The maximum atomic E-state index is 5.66. The molecule has 1 rings (SSSR count). The fraction of sp³-hybridized carbons (Fsp3) is 0.647. The van der Waals surface area contributed by atoms with Crippen molar-refractivity contribution in [1.82, 2.24) is 5.32 Å². The molecule has 0 aromatic heterocycles. The van der Waals surface area contributed by atoms with Gasteiger partial charge in [0.05, 0.1) is 6.61 Å². The summed E-state index contributed by atoms with van der Waals surface area (Å²) in [6, 6.07) is 9.00. The summed E-state index contributed by atoms with van der Waals surface area (Å²) in [6.45, 7) is 10.7. The number of hydrogen-bond acceptors (Lipinski definition) is 2. The Labute approximate surface area is 118 Å². The van der Waals surface area contributed by atoms with E-state index in [-0.39, 0.29) is 0 Å². The van der Waals surface area contributed by atoms with Gasteiger partial charge in [0, 0.05) is 12.6 Å². The lowest BCUT2D eigenvalue weighted by Crippen LogP contribution is -2.31. The van der Waals surface area contributed by atoms with Gasteiger partial charge in [-0.1, -0.05) is 45.7 Å². The molecule has 2 unspecified atom stereocenters. The Balaban J connectivity index is 2.35. The van der Waals surface area contributed by atoms with E-state index < -0.39 is 0 Å². The van der Waals surface area contributed by atoms with E-state index in [9.17, 15) is 0 Å². The molecule has 0 saturated carbocycles. The van der Waals surface area contributed by atoms with Crippen molar-refractivity contribution in [1.29, 1.82) is 0 Å². The fourth-order valence-corrected chi connectivity index (χ4v) is 1.87. The molecule has 0 fully saturated rings. The molecule has 0 saturated heterocycles. The maximum Gasteiger partial charge on any atom is 0.119 e. The summed E-state index contributed by atoms with van der Waals surface area (Å²) in [4.78, 5) is 0. The standard InChI is InChI=1S/C17H29NO/c1-5-7-12-19-17-10-8-16(9-11-17)13-18-15(4)14(3)6-2/h8-11,14-15,18H,5-7,12-13H2,1-4H3. The molecule has 2 nitrogen and oxygen atoms in total. The molecule has 0 aliphatic rings. The zero-order valence-corrected chi connectivity index (χ0v) is 12.9. The Morgan fingerprint density at radius 1 is 1.11 bits per heavy atom. The van der Waals surface area contributed by atoms with Gasteiger partial charge in [-0.25, -0.2) is 0 Å². The monoisotopic (exact) mass is 263 g/mol. The largest absolute Gasteiger partial charge is 0.494 e. The SMILES string of the molecule is CCCCOc1ccc(CNC(C)C(C)CC)cc1. The normalized spacial score (nSPS) is 14.1. The molecular formula is C17H29NO. The summed E-state index contributed by atoms with van der Waals surface area (Å²) < 4.78 is 5.66. The zero-order valence-electron chi connectivity index (χ0n) is 12.9. The van der Waals surface area contributed by atoms with Crippen LogP contribution in [0.15, 0.2) is 24.3 Å². The number of nitrogens with one attached hydrogen (secondary N) is 1. The second-order valence-corrected chi connectivity index (χ2v) is 5.40. The molecule has 0 aliphatic carbocycles. The third-order valence-corrected chi connectivity index (χ3v) is 3.82. The highest BCUT2D eigenvalue weighted by Crippen LogP contribution is 2.13. The molecule has 1 aromatic rings. The Hall–Kier alpha value is -1.02. The van der Waals surface area contributed by atoms with Crippen molar-refractivity contribution in [2.75, 3.05) is 6.61 Å². The average molecular weight is 263 g/mol. The van der Waals surface area contributed by atoms with Crippen molar-refractivity contribution in [2.24, 2.45) is 5.92 Å². The predicted molar refractivity (Wildman–Crippen MR) is 82.6 cm³/mol. The fourth-order valence-electron chi connectivity index (χ4n) is 1.87. The molecular weight excluding hydrogens is 234 g/mol. The number of benzene rings is 1. The van der Waals surface area contributed by atoms with Gasteiger partial charge < -0.3 is 10.1 Å². The summed E-state index contributed by atoms with van der Waals surface area (Å²) in [7, 11) is 0. The van der Waals surface area contributed by atoms with Crippen molar-refractivity contribution in [3.8, 4) is 5.75 Å². The van der Waals surface area contributed by atoms with Gasteiger partial charge >= 0.3 is 0 Å². The molecule has 1 aromatic carbocycles. The summed E-state index contributed by atoms with van der Waals surface area (Å²) in [5.41, 5.74) is 1.32. The van der Waals surface area contributed by atoms with Gasteiger partial charge in [0.1, 0.15) is 5.75 Å². The van der Waals surface area contributed by atoms with E-state index in [1.807, 2.05) is 0 Å². The minimum atomic E-state index is 0.561. The Kier molecular flexibility index (Phi) is 7.57. The Morgan fingerprint density at radius 3 is 2.37 bits per heavy atom. The van der Waals surface area contributed by atoms with Crippen molar-refractivity contribution in [3.05, 3.63) is 29.8 Å². The summed E-state index contributed by atoms with van der Waals surface area (Å²) in [6.07, 6.45) is 3.52. The van der Waals surface area contributed by atoms with E-state index in [0.29, 0.717) is 6.04 Å². The van der Waals surface area contributed by atoms with Crippen molar-refractivity contribution < 1.29 is 4.74 Å². The van der Waals surface area contributed by atoms with E-state index in [1.165, 1.54) is 18.4 Å². The van der Waals surface area contributed by atoms with Crippen LogP contribution >= 0.6 is 0 Å². The van der Waals surface area contributed by atoms with E-state index in [0.717, 1.165) is 31.2 Å². The van der Waals surface area contributed by atoms with Crippen LogP contribution in [0.4, 0.5) is 0 Å². The zero-order chi connectivity index (χ0) is 14.1. The molecule has 19 heavy (non-hydrogen) atoms. The van der Waals surface area contributed by atoms with Gasteiger partial charge in [-0.15, -0.1) is 0 Å². The lowest BCUT2D eigenvalue weighted by molar-refractivity contribution is 0.309. The Bertz CT molecular complexity index is 334. The lowest BCUT2D eigenvalue weighted by atomic mass is 10.0. The first-order valence-corrected chi connectivity index (χ1v) is 7.62. The van der Waals surface area contributed by atoms with Gasteiger partial charge in [-0.05, 0) is 37.0 Å². The first-order valence-electron chi connectivity index (χ1n) is 7.62. The maximum absolute atomic E-state index is 5.66. The number of ether oxygens (including phenoxy) is 1. The van der Waals surface area contributed by atoms with Crippen LogP contribution in [0, 0.1) is 5.92 Å². The molecule has 0 bridgehead atoms. The number of rotatable bonds is 9. The third kappa shape index (κ3) is 6.11. The van der Waals surface area contributed by atoms with Gasteiger partial charge in [0.25, 0.3) is 0 Å². The van der Waals surface area contributed by atoms with Crippen molar-refractivity contribution in [2.45, 2.75) is 59.5 Å².